The summed E-state index contributed by atoms with van der Waals surface area (Å²) in [6.07, 6.45) is 0. The summed E-state index contributed by atoms with van der Waals surface area (Å²) >= 11 is 1.45. The first-order valence-corrected chi connectivity index (χ1v) is 5.26. The lowest BCUT2D eigenvalue weighted by atomic mass is 10.00. The van der Waals surface area contributed by atoms with E-state index in [4.69, 9.17) is 0 Å². The molecule has 0 saturated heterocycles. The number of aromatic hydroxyl groups is 1. The Morgan fingerprint density at radius 1 is 1.36 bits per heavy atom. The topological polar surface area (TPSA) is 20.2 Å². The van der Waals surface area contributed by atoms with E-state index in [1.165, 1.54) is 11.3 Å². The smallest absolute Gasteiger partial charge is 0.131 e. The summed E-state index contributed by atoms with van der Waals surface area (Å²) in [7, 11) is 0. The van der Waals surface area contributed by atoms with Gasteiger partial charge in [0.1, 0.15) is 11.4 Å². The van der Waals surface area contributed by atoms with E-state index < -0.39 is 5.67 Å². The summed E-state index contributed by atoms with van der Waals surface area (Å²) in [5.74, 6) is 0.225. The lowest BCUT2D eigenvalue weighted by Crippen LogP contribution is -2.07. The van der Waals surface area contributed by atoms with Gasteiger partial charge in [-0.3, -0.25) is 0 Å². The molecule has 1 nitrogen and oxygen atoms in total. The van der Waals surface area contributed by atoms with E-state index in [1.54, 1.807) is 32.0 Å². The Bertz CT molecular complexity index is 468. The Morgan fingerprint density at radius 2 is 2.07 bits per heavy atom. The van der Waals surface area contributed by atoms with Crippen LogP contribution in [-0.4, -0.2) is 5.11 Å². The number of halogens is 1. The van der Waals surface area contributed by atoms with Crippen LogP contribution in [0.1, 0.15) is 19.4 Å². The molecule has 0 radical (unpaired) electrons. The summed E-state index contributed by atoms with van der Waals surface area (Å²) in [6, 6.07) is 5.01. The van der Waals surface area contributed by atoms with Gasteiger partial charge >= 0.3 is 0 Å². The number of fused-ring (bicyclic) bond motifs is 1. The van der Waals surface area contributed by atoms with Gasteiger partial charge in [0.15, 0.2) is 0 Å². The van der Waals surface area contributed by atoms with Crippen LogP contribution in [0.15, 0.2) is 23.6 Å². The number of hydrogen-bond acceptors (Lipinski definition) is 2. The Kier molecular flexibility index (Phi) is 2.00. The third-order valence-electron chi connectivity index (χ3n) is 2.20. The van der Waals surface area contributed by atoms with Gasteiger partial charge in [-0.1, -0.05) is 0 Å². The summed E-state index contributed by atoms with van der Waals surface area (Å²) < 4.78 is 14.7. The number of thiophene rings is 1. The number of phenols is 1. The zero-order valence-corrected chi connectivity index (χ0v) is 8.86. The molecule has 1 aromatic carbocycles. The molecule has 2 rings (SSSR count). The fourth-order valence-electron chi connectivity index (χ4n) is 1.48. The van der Waals surface area contributed by atoms with Crippen molar-refractivity contribution in [2.75, 3.05) is 0 Å². The Hall–Kier alpha value is -1.09. The van der Waals surface area contributed by atoms with Gasteiger partial charge in [-0.2, -0.15) is 0 Å². The maximum absolute atomic E-state index is 13.7. The highest BCUT2D eigenvalue weighted by Gasteiger charge is 2.22. The molecular weight excluding hydrogens is 199 g/mol. The van der Waals surface area contributed by atoms with Crippen molar-refractivity contribution in [2.24, 2.45) is 0 Å². The Morgan fingerprint density at radius 3 is 2.71 bits per heavy atom. The number of phenolic OH excluding ortho intramolecular Hbond substituents is 1. The highest BCUT2D eigenvalue weighted by Crippen LogP contribution is 2.36. The Labute approximate surface area is 85.8 Å². The second-order valence-corrected chi connectivity index (χ2v) is 4.71. The molecule has 0 saturated carbocycles. The van der Waals surface area contributed by atoms with E-state index in [1.807, 2.05) is 5.38 Å². The molecule has 0 aliphatic rings. The molecular formula is C11H11FOS. The molecule has 0 atom stereocenters. The maximum Gasteiger partial charge on any atom is 0.131 e. The van der Waals surface area contributed by atoms with Crippen molar-refractivity contribution in [2.45, 2.75) is 19.5 Å². The van der Waals surface area contributed by atoms with Crippen molar-refractivity contribution < 1.29 is 9.50 Å². The fraction of sp³-hybridized carbons (Fsp3) is 0.273. The van der Waals surface area contributed by atoms with E-state index >= 15 is 0 Å². The van der Waals surface area contributed by atoms with Gasteiger partial charge in [0.25, 0.3) is 0 Å². The van der Waals surface area contributed by atoms with Gasteiger partial charge in [-0.05, 0) is 42.8 Å². The molecule has 1 aromatic heterocycles. The van der Waals surface area contributed by atoms with Gasteiger partial charge in [0.2, 0.25) is 0 Å². The fourth-order valence-corrected chi connectivity index (χ4v) is 2.62. The van der Waals surface area contributed by atoms with Crippen molar-refractivity contribution in [1.82, 2.24) is 0 Å². The molecule has 0 fully saturated rings. The van der Waals surface area contributed by atoms with Gasteiger partial charge in [-0.25, -0.2) is 4.39 Å². The summed E-state index contributed by atoms with van der Waals surface area (Å²) in [5, 5.41) is 12.0. The molecule has 0 bridgehead atoms. The molecule has 14 heavy (non-hydrogen) atoms. The van der Waals surface area contributed by atoms with Crippen LogP contribution >= 0.6 is 11.3 Å². The molecule has 74 valence electrons. The summed E-state index contributed by atoms with van der Waals surface area (Å²) in [5.41, 5.74) is -0.632. The minimum atomic E-state index is -1.32. The van der Waals surface area contributed by atoms with Crippen LogP contribution in [-0.2, 0) is 5.67 Å². The van der Waals surface area contributed by atoms with E-state index in [9.17, 15) is 9.50 Å². The van der Waals surface area contributed by atoms with Crippen molar-refractivity contribution in [3.05, 3.63) is 29.1 Å². The predicted molar refractivity (Wildman–Crippen MR) is 57.6 cm³/mol. The van der Waals surface area contributed by atoms with E-state index in [2.05, 4.69) is 0 Å². The molecule has 1 heterocycles. The zero-order chi connectivity index (χ0) is 10.3. The first-order valence-electron chi connectivity index (χ1n) is 4.38. The second kappa shape index (κ2) is 2.95. The van der Waals surface area contributed by atoms with Gasteiger partial charge in [0, 0.05) is 10.3 Å². The van der Waals surface area contributed by atoms with Crippen molar-refractivity contribution in [3.63, 3.8) is 0 Å². The average molecular weight is 210 g/mol. The number of rotatable bonds is 1. The first kappa shape index (κ1) is 9.46. The van der Waals surface area contributed by atoms with Crippen molar-refractivity contribution in [1.29, 1.82) is 0 Å². The average Bonchev–Trinajstić information content (AvgIpc) is 2.45. The quantitative estimate of drug-likeness (QED) is 0.758. The molecule has 0 amide bonds. The zero-order valence-electron chi connectivity index (χ0n) is 8.04. The van der Waals surface area contributed by atoms with Crippen LogP contribution in [0.25, 0.3) is 10.1 Å². The second-order valence-electron chi connectivity index (χ2n) is 3.80. The van der Waals surface area contributed by atoms with Crippen LogP contribution in [0.2, 0.25) is 0 Å². The molecule has 0 aliphatic heterocycles. The van der Waals surface area contributed by atoms with Gasteiger partial charge in [-0.15, -0.1) is 11.3 Å². The lowest BCUT2D eigenvalue weighted by molar-refractivity contribution is 0.224. The number of hydrogen-bond donors (Lipinski definition) is 1. The minimum Gasteiger partial charge on any atom is -0.508 e. The Balaban J connectivity index is 2.70. The largest absolute Gasteiger partial charge is 0.508 e. The molecule has 0 unspecified atom stereocenters. The normalized spacial score (nSPS) is 12.2. The van der Waals surface area contributed by atoms with E-state index in [-0.39, 0.29) is 5.75 Å². The highest BCUT2D eigenvalue weighted by molar-refractivity contribution is 7.17. The molecule has 1 N–H and O–H groups in total. The lowest BCUT2D eigenvalue weighted by Gasteiger charge is -2.12. The van der Waals surface area contributed by atoms with Gasteiger partial charge < -0.3 is 5.11 Å². The molecule has 3 heteroatoms. The highest BCUT2D eigenvalue weighted by atomic mass is 32.1. The third-order valence-corrected chi connectivity index (χ3v) is 3.14. The summed E-state index contributed by atoms with van der Waals surface area (Å²) in [4.78, 5) is 0. The molecule has 0 spiro atoms. The van der Waals surface area contributed by atoms with Crippen LogP contribution < -0.4 is 0 Å². The number of alkyl halides is 1. The monoisotopic (exact) mass is 210 g/mol. The maximum atomic E-state index is 13.7. The van der Waals surface area contributed by atoms with Crippen LogP contribution in [0.3, 0.4) is 0 Å². The van der Waals surface area contributed by atoms with Crippen molar-refractivity contribution >= 4 is 21.4 Å². The number of benzene rings is 1. The van der Waals surface area contributed by atoms with E-state index in [0.717, 1.165) is 10.1 Å². The molecule has 2 aromatic rings. The minimum absolute atomic E-state index is 0.225. The SMILES string of the molecule is CC(C)(F)c1csc2cc(O)ccc12. The van der Waals surface area contributed by atoms with Crippen LogP contribution in [0.4, 0.5) is 4.39 Å². The van der Waals surface area contributed by atoms with Crippen LogP contribution in [0.5, 0.6) is 5.75 Å². The standard InChI is InChI=1S/C11H11FOS/c1-11(2,12)9-6-14-10-5-7(13)3-4-8(9)10/h3-6,13H,1-2H3. The van der Waals surface area contributed by atoms with Crippen LogP contribution in [0, 0.1) is 0 Å². The first-order chi connectivity index (χ1) is 6.48. The van der Waals surface area contributed by atoms with E-state index in [0.29, 0.717) is 5.56 Å². The third kappa shape index (κ3) is 1.48. The van der Waals surface area contributed by atoms with Gasteiger partial charge in [0.05, 0.1) is 0 Å². The summed E-state index contributed by atoms with van der Waals surface area (Å²) in [6.45, 7) is 3.09. The predicted octanol–water partition coefficient (Wildman–Crippen LogP) is 3.81. The van der Waals surface area contributed by atoms with Crippen molar-refractivity contribution in [3.8, 4) is 5.75 Å². The molecule has 0 aliphatic carbocycles.